The molecular weight excluding hydrogens is 442 g/mol. The molecule has 0 saturated carbocycles. The second-order valence-corrected chi connectivity index (χ2v) is 9.87. The van der Waals surface area contributed by atoms with Gasteiger partial charge in [-0.05, 0) is 61.7 Å². The third-order valence-corrected chi connectivity index (χ3v) is 7.31. The van der Waals surface area contributed by atoms with Gasteiger partial charge in [0.05, 0.1) is 16.1 Å². The number of carbonyl (C=O) groups excluding carboxylic acids is 1. The van der Waals surface area contributed by atoms with Crippen molar-refractivity contribution in [3.05, 3.63) is 82.3 Å². The van der Waals surface area contributed by atoms with Gasteiger partial charge < -0.3 is 15.0 Å². The van der Waals surface area contributed by atoms with Crippen molar-refractivity contribution in [2.75, 3.05) is 18.4 Å². The summed E-state index contributed by atoms with van der Waals surface area (Å²) in [6.45, 7) is 2.88. The van der Waals surface area contributed by atoms with E-state index in [0.29, 0.717) is 24.6 Å². The molecule has 8 nitrogen and oxygen atoms in total. The fourth-order valence-corrected chi connectivity index (χ4v) is 5.21. The number of benzene rings is 2. The van der Waals surface area contributed by atoms with Crippen molar-refractivity contribution in [3.8, 4) is 11.5 Å². The second kappa shape index (κ2) is 9.60. The Kier molecular flexibility index (Phi) is 6.62. The lowest BCUT2D eigenvalue weighted by molar-refractivity contribution is 0.102. The first kappa shape index (κ1) is 22.8. The Labute approximate surface area is 192 Å². The van der Waals surface area contributed by atoms with Gasteiger partial charge in [-0.3, -0.25) is 9.59 Å². The van der Waals surface area contributed by atoms with Gasteiger partial charge in [-0.1, -0.05) is 18.6 Å². The minimum Gasteiger partial charge on any atom is -0.455 e. The third-order valence-electron chi connectivity index (χ3n) is 5.42. The highest BCUT2D eigenvalue weighted by Crippen LogP contribution is 2.34. The van der Waals surface area contributed by atoms with Crippen LogP contribution in [0.1, 0.15) is 35.2 Å². The van der Waals surface area contributed by atoms with Crippen molar-refractivity contribution in [3.63, 3.8) is 0 Å². The molecule has 2 heterocycles. The van der Waals surface area contributed by atoms with E-state index in [-0.39, 0.29) is 21.7 Å². The van der Waals surface area contributed by atoms with Gasteiger partial charge in [0.2, 0.25) is 15.6 Å². The van der Waals surface area contributed by atoms with Gasteiger partial charge in [-0.15, -0.1) is 0 Å². The Morgan fingerprint density at radius 1 is 1.03 bits per heavy atom. The molecule has 3 aromatic rings. The number of piperidine rings is 1. The predicted molar refractivity (Wildman–Crippen MR) is 125 cm³/mol. The summed E-state index contributed by atoms with van der Waals surface area (Å²) in [5.41, 5.74) is 1.10. The molecule has 0 spiro atoms. The number of hydrogen-bond acceptors (Lipinski definition) is 5. The highest BCUT2D eigenvalue weighted by Gasteiger charge is 2.27. The van der Waals surface area contributed by atoms with Crippen molar-refractivity contribution < 1.29 is 17.9 Å². The minimum atomic E-state index is -3.71. The summed E-state index contributed by atoms with van der Waals surface area (Å²) in [4.78, 5) is 26.6. The predicted octanol–water partition coefficient (Wildman–Crippen LogP) is 3.90. The highest BCUT2D eigenvalue weighted by atomic mass is 32.2. The van der Waals surface area contributed by atoms with E-state index in [2.05, 4.69) is 10.3 Å². The summed E-state index contributed by atoms with van der Waals surface area (Å²) in [6.07, 6.45) is 3.95. The van der Waals surface area contributed by atoms with Crippen molar-refractivity contribution in [2.45, 2.75) is 31.1 Å². The number of carbonyl (C=O) groups is 1. The monoisotopic (exact) mass is 467 g/mol. The van der Waals surface area contributed by atoms with Crippen LogP contribution in [-0.4, -0.2) is 36.7 Å². The van der Waals surface area contributed by atoms with Gasteiger partial charge >= 0.3 is 0 Å². The van der Waals surface area contributed by atoms with Crippen LogP contribution in [0.4, 0.5) is 5.69 Å². The molecule has 2 aromatic carbocycles. The summed E-state index contributed by atoms with van der Waals surface area (Å²) in [5.74, 6) is 0.352. The zero-order chi connectivity index (χ0) is 23.4. The number of pyridine rings is 1. The summed E-state index contributed by atoms with van der Waals surface area (Å²) >= 11 is 0. The largest absolute Gasteiger partial charge is 0.455 e. The summed E-state index contributed by atoms with van der Waals surface area (Å²) in [7, 11) is -3.71. The number of sulfonamides is 1. The van der Waals surface area contributed by atoms with Gasteiger partial charge in [0, 0.05) is 25.4 Å². The molecule has 172 valence electrons. The highest BCUT2D eigenvalue weighted by molar-refractivity contribution is 7.89. The van der Waals surface area contributed by atoms with Crippen molar-refractivity contribution in [2.24, 2.45) is 0 Å². The number of rotatable bonds is 6. The van der Waals surface area contributed by atoms with Crippen LogP contribution in [0, 0.1) is 6.92 Å². The van der Waals surface area contributed by atoms with E-state index in [9.17, 15) is 18.0 Å². The molecule has 1 saturated heterocycles. The Balaban J connectivity index is 1.70. The Morgan fingerprint density at radius 3 is 2.52 bits per heavy atom. The SMILES string of the molecule is Cc1cccc(Oc2ccc(S(=O)(=O)N3CCCCC3)cc2NC(=O)c2ccc(=O)[nH]c2)c1. The third kappa shape index (κ3) is 5.32. The molecule has 33 heavy (non-hydrogen) atoms. The Bertz CT molecular complexity index is 1310. The van der Waals surface area contributed by atoms with Crippen LogP contribution in [0.3, 0.4) is 0 Å². The number of anilines is 1. The molecule has 1 fully saturated rings. The number of H-pyrrole nitrogens is 1. The molecule has 0 radical (unpaired) electrons. The number of nitrogens with one attached hydrogen (secondary N) is 2. The van der Waals surface area contributed by atoms with Crippen molar-refractivity contribution in [1.29, 1.82) is 0 Å². The number of hydrogen-bond donors (Lipinski definition) is 2. The molecule has 0 aliphatic carbocycles. The van der Waals surface area contributed by atoms with Crippen LogP contribution >= 0.6 is 0 Å². The topological polar surface area (TPSA) is 109 Å². The fraction of sp³-hybridized carbons (Fsp3) is 0.250. The Hall–Kier alpha value is -3.43. The number of amides is 1. The summed E-state index contributed by atoms with van der Waals surface area (Å²) < 4.78 is 33.8. The van der Waals surface area contributed by atoms with Crippen LogP contribution in [0.25, 0.3) is 0 Å². The quantitative estimate of drug-likeness (QED) is 0.572. The van der Waals surface area contributed by atoms with E-state index in [1.807, 2.05) is 25.1 Å². The molecule has 1 aliphatic heterocycles. The average Bonchev–Trinajstić information content (AvgIpc) is 2.81. The van der Waals surface area contributed by atoms with Gasteiger partial charge in [0.1, 0.15) is 5.75 Å². The van der Waals surface area contributed by atoms with Crippen LogP contribution in [0.2, 0.25) is 0 Å². The lowest BCUT2D eigenvalue weighted by Gasteiger charge is -2.26. The molecule has 0 unspecified atom stereocenters. The minimum absolute atomic E-state index is 0.0813. The van der Waals surface area contributed by atoms with Crippen LogP contribution in [0.5, 0.6) is 11.5 Å². The van der Waals surface area contributed by atoms with Gasteiger partial charge in [-0.2, -0.15) is 4.31 Å². The normalized spacial score (nSPS) is 14.6. The van der Waals surface area contributed by atoms with E-state index < -0.39 is 15.9 Å². The average molecular weight is 468 g/mol. The fourth-order valence-electron chi connectivity index (χ4n) is 3.66. The smallest absolute Gasteiger partial charge is 0.257 e. The molecular formula is C24H25N3O5S. The van der Waals surface area contributed by atoms with Crippen LogP contribution in [0.15, 0.2) is 70.5 Å². The zero-order valence-electron chi connectivity index (χ0n) is 18.2. The molecule has 1 aromatic heterocycles. The van der Waals surface area contributed by atoms with Gasteiger partial charge in [-0.25, -0.2) is 8.42 Å². The van der Waals surface area contributed by atoms with Crippen LogP contribution < -0.4 is 15.6 Å². The molecule has 4 rings (SSSR count). The number of aromatic nitrogens is 1. The first-order valence-corrected chi connectivity index (χ1v) is 12.2. The molecule has 2 N–H and O–H groups in total. The second-order valence-electron chi connectivity index (χ2n) is 7.94. The van der Waals surface area contributed by atoms with E-state index in [1.165, 1.54) is 34.8 Å². The number of ether oxygens (including phenoxy) is 1. The maximum absolute atomic E-state index is 13.2. The molecule has 1 amide bonds. The van der Waals surface area contributed by atoms with E-state index in [1.54, 1.807) is 12.1 Å². The Morgan fingerprint density at radius 2 is 1.82 bits per heavy atom. The lowest BCUT2D eigenvalue weighted by atomic mass is 10.2. The van der Waals surface area contributed by atoms with E-state index >= 15 is 0 Å². The van der Waals surface area contributed by atoms with Crippen molar-refractivity contribution >= 4 is 21.6 Å². The van der Waals surface area contributed by atoms with E-state index in [4.69, 9.17) is 4.74 Å². The van der Waals surface area contributed by atoms with E-state index in [0.717, 1.165) is 24.8 Å². The lowest BCUT2D eigenvalue weighted by Crippen LogP contribution is -2.35. The molecule has 0 bridgehead atoms. The van der Waals surface area contributed by atoms with Gasteiger partial charge in [0.25, 0.3) is 5.91 Å². The first-order valence-electron chi connectivity index (χ1n) is 10.7. The maximum Gasteiger partial charge on any atom is 0.257 e. The standard InChI is InChI=1S/C24H25N3O5S/c1-17-6-5-7-19(14-17)32-22-10-9-20(33(30,31)27-12-3-2-4-13-27)15-21(22)26-24(29)18-8-11-23(28)25-16-18/h5-11,14-16H,2-4,12-13H2,1H3,(H,25,28)(H,26,29). The number of aromatic amines is 1. The molecule has 0 atom stereocenters. The maximum atomic E-state index is 13.2. The van der Waals surface area contributed by atoms with Crippen LogP contribution in [-0.2, 0) is 10.0 Å². The first-order chi connectivity index (χ1) is 15.8. The summed E-state index contributed by atoms with van der Waals surface area (Å²) in [6, 6.07) is 14.5. The van der Waals surface area contributed by atoms with Gasteiger partial charge in [0.15, 0.2) is 5.75 Å². The summed E-state index contributed by atoms with van der Waals surface area (Å²) in [5, 5.41) is 2.73. The number of nitrogens with zero attached hydrogens (tertiary/aromatic N) is 1. The van der Waals surface area contributed by atoms with Crippen molar-refractivity contribution in [1.82, 2.24) is 9.29 Å². The number of aryl methyl sites for hydroxylation is 1. The molecule has 9 heteroatoms. The zero-order valence-corrected chi connectivity index (χ0v) is 19.0. The molecule has 1 aliphatic rings.